The molecule has 0 aliphatic rings. The van der Waals surface area contributed by atoms with Gasteiger partial charge >= 0.3 is 5.97 Å². The quantitative estimate of drug-likeness (QED) is 0.646. The number of nitrogens with zero attached hydrogens (tertiary/aromatic N) is 3. The average Bonchev–Trinajstić information content (AvgIpc) is 2.96. The van der Waals surface area contributed by atoms with E-state index in [9.17, 15) is 9.90 Å². The van der Waals surface area contributed by atoms with Crippen molar-refractivity contribution in [2.24, 2.45) is 0 Å². The molecule has 0 spiro atoms. The normalized spacial score (nSPS) is 12.0. The Hall–Kier alpha value is -2.67. The third kappa shape index (κ3) is 3.73. The summed E-state index contributed by atoms with van der Waals surface area (Å²) < 4.78 is 6.82. The molecule has 2 aromatic heterocycles. The van der Waals surface area contributed by atoms with Crippen molar-refractivity contribution < 1.29 is 14.6 Å². The number of aromatic nitrogens is 3. The maximum absolute atomic E-state index is 11.9. The van der Waals surface area contributed by atoms with Crippen LogP contribution in [0.2, 0.25) is 0 Å². The third-order valence-corrected chi connectivity index (χ3v) is 4.50. The highest BCUT2D eigenvalue weighted by molar-refractivity contribution is 6.08. The molecule has 27 heavy (non-hydrogen) atoms. The zero-order valence-electron chi connectivity index (χ0n) is 16.2. The topological polar surface area (TPSA) is 103 Å². The maximum atomic E-state index is 11.9. The number of imidazole rings is 1. The standard InChI is InChI=1S/C20H26N4O3/c1-5-6-7-15-23-16-17(24(15)11-20(2,3)26)13-9-8-12(19(25)27-4)10-14(13)22-18(16)21/h8-10,26H,5-7,11H2,1-4H3,(H2,21,22). The number of nitrogen functional groups attached to an aromatic ring is 1. The van der Waals surface area contributed by atoms with Gasteiger partial charge in [-0.05, 0) is 38.5 Å². The molecule has 0 amide bonds. The fraction of sp³-hybridized carbons (Fsp3) is 0.450. The fourth-order valence-electron chi connectivity index (χ4n) is 3.29. The first-order valence-corrected chi connectivity index (χ1v) is 9.14. The molecule has 0 radical (unpaired) electrons. The van der Waals surface area contributed by atoms with Gasteiger partial charge < -0.3 is 20.1 Å². The number of fused-ring (bicyclic) bond motifs is 3. The van der Waals surface area contributed by atoms with Gasteiger partial charge in [0.15, 0.2) is 5.82 Å². The molecule has 0 fully saturated rings. The summed E-state index contributed by atoms with van der Waals surface area (Å²) in [4.78, 5) is 21.0. The van der Waals surface area contributed by atoms with Crippen LogP contribution in [0, 0.1) is 0 Å². The number of methoxy groups -OCH3 is 1. The Morgan fingerprint density at radius 2 is 2.07 bits per heavy atom. The zero-order valence-corrected chi connectivity index (χ0v) is 16.2. The van der Waals surface area contributed by atoms with Crippen LogP contribution < -0.4 is 5.73 Å². The van der Waals surface area contributed by atoms with E-state index in [1.165, 1.54) is 7.11 Å². The number of carbonyl (C=O) groups excluding carboxylic acids is 1. The smallest absolute Gasteiger partial charge is 0.337 e. The van der Waals surface area contributed by atoms with Gasteiger partial charge in [0.25, 0.3) is 0 Å². The highest BCUT2D eigenvalue weighted by atomic mass is 16.5. The Kier molecular flexibility index (Phi) is 5.06. The number of nitrogens with two attached hydrogens (primary N) is 1. The van der Waals surface area contributed by atoms with Crippen LogP contribution in [0.5, 0.6) is 0 Å². The predicted molar refractivity (Wildman–Crippen MR) is 106 cm³/mol. The van der Waals surface area contributed by atoms with E-state index in [2.05, 4.69) is 11.9 Å². The van der Waals surface area contributed by atoms with E-state index < -0.39 is 11.6 Å². The summed E-state index contributed by atoms with van der Waals surface area (Å²) in [7, 11) is 1.34. The molecule has 3 aromatic rings. The molecule has 7 heteroatoms. The van der Waals surface area contributed by atoms with Gasteiger partial charge in [-0.3, -0.25) is 0 Å². The fourth-order valence-corrected chi connectivity index (χ4v) is 3.29. The molecule has 0 bridgehead atoms. The number of rotatable bonds is 6. The Balaban J connectivity index is 2.30. The van der Waals surface area contributed by atoms with E-state index in [-0.39, 0.29) is 0 Å². The van der Waals surface area contributed by atoms with Crippen LogP contribution in [0.15, 0.2) is 18.2 Å². The minimum absolute atomic E-state index is 0.312. The van der Waals surface area contributed by atoms with E-state index in [1.807, 2.05) is 10.6 Å². The van der Waals surface area contributed by atoms with E-state index in [4.69, 9.17) is 15.5 Å². The van der Waals surface area contributed by atoms with Crippen LogP contribution in [0.1, 0.15) is 49.8 Å². The summed E-state index contributed by atoms with van der Waals surface area (Å²) in [6.07, 6.45) is 2.83. The molecule has 1 aromatic carbocycles. The number of aliphatic hydroxyl groups is 1. The van der Waals surface area contributed by atoms with Gasteiger partial charge in [0.1, 0.15) is 11.3 Å². The Morgan fingerprint density at radius 1 is 1.33 bits per heavy atom. The lowest BCUT2D eigenvalue weighted by Gasteiger charge is -2.20. The molecule has 0 saturated heterocycles. The number of benzene rings is 1. The molecule has 0 atom stereocenters. The third-order valence-electron chi connectivity index (χ3n) is 4.50. The number of anilines is 1. The summed E-state index contributed by atoms with van der Waals surface area (Å²) in [5, 5.41) is 11.3. The number of esters is 1. The Bertz CT molecular complexity index is 1000. The molecule has 7 nitrogen and oxygen atoms in total. The van der Waals surface area contributed by atoms with Gasteiger partial charge in [0.05, 0.1) is 35.9 Å². The zero-order chi connectivity index (χ0) is 19.8. The number of aryl methyl sites for hydroxylation is 1. The van der Waals surface area contributed by atoms with Crippen molar-refractivity contribution >= 4 is 33.7 Å². The highest BCUT2D eigenvalue weighted by Crippen LogP contribution is 2.31. The summed E-state index contributed by atoms with van der Waals surface area (Å²) in [5.74, 6) is 0.768. The second kappa shape index (κ2) is 7.15. The van der Waals surface area contributed by atoms with Crippen LogP contribution in [0.4, 0.5) is 5.82 Å². The first-order chi connectivity index (χ1) is 12.7. The van der Waals surface area contributed by atoms with Crippen molar-refractivity contribution in [3.8, 4) is 0 Å². The van der Waals surface area contributed by atoms with Crippen molar-refractivity contribution in [1.82, 2.24) is 14.5 Å². The first kappa shape index (κ1) is 19.1. The van der Waals surface area contributed by atoms with E-state index >= 15 is 0 Å². The van der Waals surface area contributed by atoms with E-state index in [0.29, 0.717) is 29.0 Å². The maximum Gasteiger partial charge on any atom is 0.337 e. The van der Waals surface area contributed by atoms with Crippen LogP contribution in [-0.4, -0.2) is 38.3 Å². The van der Waals surface area contributed by atoms with Gasteiger partial charge in [-0.2, -0.15) is 0 Å². The van der Waals surface area contributed by atoms with Gasteiger partial charge in [0, 0.05) is 11.8 Å². The molecule has 144 valence electrons. The summed E-state index contributed by atoms with van der Waals surface area (Å²) in [5.41, 5.74) is 7.75. The lowest BCUT2D eigenvalue weighted by atomic mass is 10.1. The summed E-state index contributed by atoms with van der Waals surface area (Å²) >= 11 is 0. The van der Waals surface area contributed by atoms with Crippen LogP contribution >= 0.6 is 0 Å². The molecular weight excluding hydrogens is 344 g/mol. The van der Waals surface area contributed by atoms with Gasteiger partial charge in [-0.1, -0.05) is 13.3 Å². The molecule has 0 saturated carbocycles. The number of unbranched alkanes of at least 4 members (excludes halogenated alkanes) is 1. The minimum Gasteiger partial charge on any atom is -0.465 e. The molecule has 0 aliphatic heterocycles. The van der Waals surface area contributed by atoms with Crippen molar-refractivity contribution in [3.63, 3.8) is 0 Å². The van der Waals surface area contributed by atoms with Crippen molar-refractivity contribution in [3.05, 3.63) is 29.6 Å². The van der Waals surface area contributed by atoms with Gasteiger partial charge in [-0.15, -0.1) is 0 Å². The van der Waals surface area contributed by atoms with Crippen molar-refractivity contribution in [1.29, 1.82) is 0 Å². The average molecular weight is 370 g/mol. The molecule has 3 N–H and O–H groups in total. The lowest BCUT2D eigenvalue weighted by Crippen LogP contribution is -2.27. The van der Waals surface area contributed by atoms with Crippen LogP contribution in [0.25, 0.3) is 21.9 Å². The molecular formula is C20H26N4O3. The number of pyridine rings is 1. The minimum atomic E-state index is -0.912. The summed E-state index contributed by atoms with van der Waals surface area (Å²) in [6, 6.07) is 5.21. The van der Waals surface area contributed by atoms with Crippen LogP contribution in [0.3, 0.4) is 0 Å². The largest absolute Gasteiger partial charge is 0.465 e. The highest BCUT2D eigenvalue weighted by Gasteiger charge is 2.22. The monoisotopic (exact) mass is 370 g/mol. The van der Waals surface area contributed by atoms with E-state index in [1.54, 1.807) is 26.0 Å². The SMILES string of the molecule is CCCCc1nc2c(N)nc3cc(C(=O)OC)ccc3c2n1CC(C)(C)O. The number of hydrogen-bond donors (Lipinski definition) is 2. The van der Waals surface area contributed by atoms with Gasteiger partial charge in [0.2, 0.25) is 0 Å². The van der Waals surface area contributed by atoms with Crippen LogP contribution in [-0.2, 0) is 17.7 Å². The Morgan fingerprint density at radius 3 is 2.70 bits per heavy atom. The van der Waals surface area contributed by atoms with Crippen molar-refractivity contribution in [2.75, 3.05) is 12.8 Å². The second-order valence-electron chi connectivity index (χ2n) is 7.45. The van der Waals surface area contributed by atoms with Crippen molar-refractivity contribution in [2.45, 2.75) is 52.2 Å². The number of carbonyl (C=O) groups is 1. The lowest BCUT2D eigenvalue weighted by molar-refractivity contribution is 0.0598. The summed E-state index contributed by atoms with van der Waals surface area (Å²) in [6.45, 7) is 6.05. The number of hydrogen-bond acceptors (Lipinski definition) is 6. The first-order valence-electron chi connectivity index (χ1n) is 9.14. The number of ether oxygens (including phenoxy) is 1. The predicted octanol–water partition coefficient (Wildman–Crippen LogP) is 3.07. The van der Waals surface area contributed by atoms with Gasteiger partial charge in [-0.25, -0.2) is 14.8 Å². The Labute approximate surface area is 158 Å². The second-order valence-corrected chi connectivity index (χ2v) is 7.45. The molecule has 3 rings (SSSR count). The molecule has 0 unspecified atom stereocenters. The van der Waals surface area contributed by atoms with E-state index in [0.717, 1.165) is 36.0 Å². The molecule has 0 aliphatic carbocycles. The molecule has 2 heterocycles.